The second kappa shape index (κ2) is 7.81. The molecule has 134 valence electrons. The molecular formula is C17H16BrN5O2S. The van der Waals surface area contributed by atoms with Crippen LogP contribution in [0.2, 0.25) is 0 Å². The third kappa shape index (κ3) is 4.57. The lowest BCUT2D eigenvalue weighted by Crippen LogP contribution is -2.18. The highest BCUT2D eigenvalue weighted by Crippen LogP contribution is 2.22. The number of nitrogens with one attached hydrogen (secondary N) is 3. The average Bonchev–Trinajstić information content (AvgIpc) is 2.62. The summed E-state index contributed by atoms with van der Waals surface area (Å²) in [7, 11) is -2.13. The van der Waals surface area contributed by atoms with E-state index in [1.807, 2.05) is 24.3 Å². The topological polar surface area (TPSA) is 96.0 Å². The molecule has 9 heteroatoms. The van der Waals surface area contributed by atoms with Gasteiger partial charge in [0.15, 0.2) is 0 Å². The van der Waals surface area contributed by atoms with Crippen LogP contribution in [0.4, 0.5) is 23.0 Å². The average molecular weight is 434 g/mol. The molecule has 7 nitrogen and oxygen atoms in total. The van der Waals surface area contributed by atoms with Gasteiger partial charge in [0.2, 0.25) is 10.0 Å². The van der Waals surface area contributed by atoms with E-state index in [0.29, 0.717) is 17.3 Å². The van der Waals surface area contributed by atoms with Gasteiger partial charge in [-0.3, -0.25) is 0 Å². The van der Waals surface area contributed by atoms with Crippen LogP contribution in [-0.4, -0.2) is 25.4 Å². The van der Waals surface area contributed by atoms with Crippen LogP contribution in [0.3, 0.4) is 0 Å². The highest BCUT2D eigenvalue weighted by molar-refractivity contribution is 9.10. The monoisotopic (exact) mass is 433 g/mol. The van der Waals surface area contributed by atoms with Crippen LogP contribution in [-0.2, 0) is 10.0 Å². The Morgan fingerprint density at radius 2 is 1.50 bits per heavy atom. The number of nitrogens with zero attached hydrogens (tertiary/aromatic N) is 2. The predicted octanol–water partition coefficient (Wildman–Crippen LogP) is 3.63. The van der Waals surface area contributed by atoms with Crippen LogP contribution in [0, 0.1) is 0 Å². The van der Waals surface area contributed by atoms with Crippen molar-refractivity contribution < 1.29 is 8.42 Å². The first-order chi connectivity index (χ1) is 12.5. The largest absolute Gasteiger partial charge is 0.340 e. The Labute approximate surface area is 160 Å². The number of sulfonamides is 1. The zero-order valence-corrected chi connectivity index (χ0v) is 16.2. The lowest BCUT2D eigenvalue weighted by Gasteiger charge is -2.10. The SMILES string of the molecule is CNS(=O)(=O)c1cccc(Nc2cc(Nc3cccc(Br)c3)ncn2)c1. The van der Waals surface area contributed by atoms with Gasteiger partial charge in [0.05, 0.1) is 4.90 Å². The van der Waals surface area contributed by atoms with Gasteiger partial charge in [-0.05, 0) is 43.4 Å². The second-order valence-corrected chi connectivity index (χ2v) is 8.09. The summed E-state index contributed by atoms with van der Waals surface area (Å²) in [4.78, 5) is 8.53. The first-order valence-electron chi connectivity index (χ1n) is 7.61. The van der Waals surface area contributed by atoms with Crippen LogP contribution >= 0.6 is 15.9 Å². The molecule has 3 N–H and O–H groups in total. The lowest BCUT2D eigenvalue weighted by molar-refractivity contribution is 0.588. The van der Waals surface area contributed by atoms with Crippen LogP contribution in [0.25, 0.3) is 0 Å². The van der Waals surface area contributed by atoms with E-state index in [1.54, 1.807) is 18.2 Å². The standard InChI is InChI=1S/C17H16BrN5O2S/c1-19-26(24,25)15-7-3-6-14(9-15)23-17-10-16(20-11-21-17)22-13-5-2-4-12(18)8-13/h2-11,19H,1H3,(H2,20,21,22,23). The van der Waals surface area contributed by atoms with Crippen LogP contribution in [0.15, 0.2) is 70.3 Å². The Morgan fingerprint density at radius 1 is 0.885 bits per heavy atom. The molecule has 0 amide bonds. The van der Waals surface area contributed by atoms with Crippen LogP contribution < -0.4 is 15.4 Å². The van der Waals surface area contributed by atoms with Crippen LogP contribution in [0.1, 0.15) is 0 Å². The second-order valence-electron chi connectivity index (χ2n) is 5.28. The summed E-state index contributed by atoms with van der Waals surface area (Å²) >= 11 is 3.42. The van der Waals surface area contributed by atoms with Crippen molar-refractivity contribution in [3.8, 4) is 0 Å². The quantitative estimate of drug-likeness (QED) is 0.549. The molecule has 0 aliphatic rings. The van der Waals surface area contributed by atoms with E-state index in [2.05, 4.69) is 41.3 Å². The highest BCUT2D eigenvalue weighted by Gasteiger charge is 2.11. The molecule has 0 fully saturated rings. The zero-order valence-electron chi connectivity index (χ0n) is 13.8. The number of hydrogen-bond donors (Lipinski definition) is 3. The predicted molar refractivity (Wildman–Crippen MR) is 105 cm³/mol. The van der Waals surface area contributed by atoms with Crippen molar-refractivity contribution in [1.82, 2.24) is 14.7 Å². The van der Waals surface area contributed by atoms with Gasteiger partial charge in [-0.2, -0.15) is 0 Å². The fraction of sp³-hybridized carbons (Fsp3) is 0.0588. The van der Waals surface area contributed by atoms with Crippen molar-refractivity contribution >= 4 is 49.0 Å². The molecule has 3 rings (SSSR count). The molecule has 0 bridgehead atoms. The Balaban J connectivity index is 1.80. The van der Waals surface area contributed by atoms with E-state index >= 15 is 0 Å². The molecule has 0 aliphatic heterocycles. The molecular weight excluding hydrogens is 418 g/mol. The number of aromatic nitrogens is 2. The summed E-state index contributed by atoms with van der Waals surface area (Å²) < 4.78 is 27.1. The van der Waals surface area contributed by atoms with Crippen molar-refractivity contribution in [2.24, 2.45) is 0 Å². The van der Waals surface area contributed by atoms with Gasteiger partial charge < -0.3 is 10.6 Å². The minimum Gasteiger partial charge on any atom is -0.340 e. The lowest BCUT2D eigenvalue weighted by atomic mass is 10.3. The van der Waals surface area contributed by atoms with Crippen molar-refractivity contribution in [3.05, 3.63) is 65.4 Å². The molecule has 1 aromatic heterocycles. The summed E-state index contributed by atoms with van der Waals surface area (Å²) in [5.41, 5.74) is 1.49. The minimum absolute atomic E-state index is 0.173. The zero-order chi connectivity index (χ0) is 18.6. The number of halogens is 1. The Kier molecular flexibility index (Phi) is 5.50. The maximum atomic E-state index is 11.9. The molecule has 0 radical (unpaired) electrons. The molecule has 3 aromatic rings. The number of anilines is 4. The number of benzene rings is 2. The van der Waals surface area contributed by atoms with Crippen molar-refractivity contribution in [3.63, 3.8) is 0 Å². The van der Waals surface area contributed by atoms with E-state index in [0.717, 1.165) is 10.2 Å². The Morgan fingerprint density at radius 3 is 2.12 bits per heavy atom. The summed E-state index contributed by atoms with van der Waals surface area (Å²) in [6.45, 7) is 0. The van der Waals surface area contributed by atoms with Gasteiger partial charge >= 0.3 is 0 Å². The molecule has 0 saturated heterocycles. The minimum atomic E-state index is -3.51. The molecule has 0 atom stereocenters. The van der Waals surface area contributed by atoms with Gasteiger partial charge in [-0.15, -0.1) is 0 Å². The first-order valence-corrected chi connectivity index (χ1v) is 9.89. The normalized spacial score (nSPS) is 11.2. The van der Waals surface area contributed by atoms with E-state index in [-0.39, 0.29) is 4.90 Å². The fourth-order valence-electron chi connectivity index (χ4n) is 2.21. The maximum Gasteiger partial charge on any atom is 0.240 e. The van der Waals surface area contributed by atoms with Crippen LogP contribution in [0.5, 0.6) is 0 Å². The highest BCUT2D eigenvalue weighted by atomic mass is 79.9. The summed E-state index contributed by atoms with van der Waals surface area (Å²) in [5, 5.41) is 6.27. The maximum absolute atomic E-state index is 11.9. The van der Waals surface area contributed by atoms with Crippen molar-refractivity contribution in [1.29, 1.82) is 0 Å². The molecule has 0 spiro atoms. The molecule has 26 heavy (non-hydrogen) atoms. The number of hydrogen-bond acceptors (Lipinski definition) is 6. The Hall–Kier alpha value is -2.49. The third-order valence-corrected chi connectivity index (χ3v) is 5.35. The molecule has 2 aromatic carbocycles. The Bertz CT molecular complexity index is 1030. The smallest absolute Gasteiger partial charge is 0.240 e. The molecule has 1 heterocycles. The van der Waals surface area contributed by atoms with Gasteiger partial charge in [0.25, 0.3) is 0 Å². The van der Waals surface area contributed by atoms with Gasteiger partial charge in [0.1, 0.15) is 18.0 Å². The van der Waals surface area contributed by atoms with Crippen molar-refractivity contribution in [2.45, 2.75) is 4.90 Å². The van der Waals surface area contributed by atoms with E-state index in [4.69, 9.17) is 0 Å². The van der Waals surface area contributed by atoms with Crippen molar-refractivity contribution in [2.75, 3.05) is 17.7 Å². The number of rotatable bonds is 6. The van der Waals surface area contributed by atoms with E-state index < -0.39 is 10.0 Å². The van der Waals surface area contributed by atoms with E-state index in [9.17, 15) is 8.42 Å². The van der Waals surface area contributed by atoms with Gasteiger partial charge in [-0.25, -0.2) is 23.1 Å². The molecule has 0 saturated carbocycles. The molecule has 0 unspecified atom stereocenters. The fourth-order valence-corrected chi connectivity index (χ4v) is 3.39. The summed E-state index contributed by atoms with van der Waals surface area (Å²) in [6.07, 6.45) is 1.43. The molecule has 0 aliphatic carbocycles. The summed E-state index contributed by atoms with van der Waals surface area (Å²) in [5.74, 6) is 1.15. The van der Waals surface area contributed by atoms with E-state index in [1.165, 1.54) is 25.5 Å². The first kappa shape index (κ1) is 18.3. The van der Waals surface area contributed by atoms with Gasteiger partial charge in [-0.1, -0.05) is 28.1 Å². The summed E-state index contributed by atoms with van der Waals surface area (Å²) in [6, 6.07) is 15.9. The third-order valence-electron chi connectivity index (χ3n) is 3.45. The van der Waals surface area contributed by atoms with Gasteiger partial charge in [0, 0.05) is 21.9 Å².